The second-order valence-electron chi connectivity index (χ2n) is 14.2. The molecule has 3 N–H and O–H groups in total. The van der Waals surface area contributed by atoms with Gasteiger partial charge in [-0.2, -0.15) is 0 Å². The van der Waals surface area contributed by atoms with Crippen LogP contribution < -0.4 is 16.6 Å². The predicted molar refractivity (Wildman–Crippen MR) is 195 cm³/mol. The van der Waals surface area contributed by atoms with Crippen molar-refractivity contribution in [3.05, 3.63) is 111 Å². The van der Waals surface area contributed by atoms with Gasteiger partial charge in [-0.25, -0.2) is 23.1 Å². The lowest BCUT2D eigenvalue weighted by molar-refractivity contribution is 0.153. The summed E-state index contributed by atoms with van der Waals surface area (Å²) in [6, 6.07) is 13.5. The highest BCUT2D eigenvalue weighted by atomic mass is 19.1. The van der Waals surface area contributed by atoms with Crippen molar-refractivity contribution in [3.8, 4) is 22.6 Å². The summed E-state index contributed by atoms with van der Waals surface area (Å²) in [5.74, 6) is -0.0747. The Morgan fingerprint density at radius 2 is 1.83 bits per heavy atom. The summed E-state index contributed by atoms with van der Waals surface area (Å²) < 4.78 is 30.9. The highest BCUT2D eigenvalue weighted by Gasteiger charge is 2.30. The van der Waals surface area contributed by atoms with Crippen LogP contribution in [0.25, 0.3) is 27.8 Å². The molecule has 2 atom stereocenters. The van der Waals surface area contributed by atoms with E-state index in [2.05, 4.69) is 20.2 Å². The molecule has 11 nitrogen and oxygen atoms in total. The van der Waals surface area contributed by atoms with E-state index >= 15 is 0 Å². The standard InChI is InChI=1S/C39H41F2N7O4/c40-26-6-13-36-44-29(22-46(36)21-26)19-42-28-7-9-30(10-8-28)48-38(51)35-17-27(41)18-43-37(35)47(39(48)52)31-4-1-3-24(15-31)34-12-11-33(50)16-25(34)20-45-14-2-5-32(45)23-49/h1,3-4,6,11-13,15-18,21,28-30,32,42,49-50H,2,5,7-10,14,19-20,22-23H2/t28-,29?,30+,32-/m1/s1. The number of pyridine rings is 1. The van der Waals surface area contributed by atoms with E-state index in [-0.39, 0.29) is 53.4 Å². The first kappa shape index (κ1) is 34.1. The molecule has 270 valence electrons. The minimum absolute atomic E-state index is 0.0108. The third kappa shape index (κ3) is 6.59. The first-order valence-electron chi connectivity index (χ1n) is 18.0. The normalized spacial score (nSPS) is 23.2. The fourth-order valence-electron chi connectivity index (χ4n) is 8.25. The summed E-state index contributed by atoms with van der Waals surface area (Å²) in [6.45, 7) is 2.67. The minimum atomic E-state index is -0.666. The van der Waals surface area contributed by atoms with Gasteiger partial charge < -0.3 is 20.4 Å². The highest BCUT2D eigenvalue weighted by molar-refractivity contribution is 5.96. The number of fused-ring (bicyclic) bond motifs is 2. The summed E-state index contributed by atoms with van der Waals surface area (Å²) in [6.07, 6.45) is 10.1. The van der Waals surface area contributed by atoms with Crippen LogP contribution in [0.15, 0.2) is 93.5 Å². The largest absolute Gasteiger partial charge is 0.508 e. The fourth-order valence-corrected chi connectivity index (χ4v) is 8.25. The molecular formula is C39H41F2N7O4. The van der Waals surface area contributed by atoms with Crippen molar-refractivity contribution < 1.29 is 19.0 Å². The van der Waals surface area contributed by atoms with Gasteiger partial charge in [0, 0.05) is 44.0 Å². The van der Waals surface area contributed by atoms with E-state index < -0.39 is 17.1 Å². The third-order valence-electron chi connectivity index (χ3n) is 10.9. The number of nitrogens with one attached hydrogen (secondary N) is 1. The van der Waals surface area contributed by atoms with E-state index in [9.17, 15) is 28.6 Å². The van der Waals surface area contributed by atoms with Crippen LogP contribution >= 0.6 is 0 Å². The Bertz CT molecular complexity index is 2220. The molecule has 1 saturated heterocycles. The van der Waals surface area contributed by atoms with E-state index in [1.807, 2.05) is 29.2 Å². The molecule has 0 radical (unpaired) electrons. The van der Waals surface area contributed by atoms with Gasteiger partial charge >= 0.3 is 5.69 Å². The van der Waals surface area contributed by atoms with Crippen LogP contribution in [0.4, 0.5) is 8.78 Å². The second-order valence-corrected chi connectivity index (χ2v) is 14.2. The van der Waals surface area contributed by atoms with E-state index in [4.69, 9.17) is 0 Å². The van der Waals surface area contributed by atoms with Gasteiger partial charge in [-0.1, -0.05) is 18.2 Å². The zero-order valence-corrected chi connectivity index (χ0v) is 28.7. The Balaban J connectivity index is 1.07. The molecule has 8 rings (SSSR count). The number of aliphatic hydroxyl groups excluding tert-OH is 1. The number of benzene rings is 2. The molecule has 1 unspecified atom stereocenters. The number of allylic oxidation sites excluding steroid dienone is 2. The molecule has 4 aromatic rings. The number of phenols is 1. The average Bonchev–Trinajstić information content (AvgIpc) is 3.77. The zero-order valence-electron chi connectivity index (χ0n) is 28.7. The Morgan fingerprint density at radius 3 is 2.65 bits per heavy atom. The van der Waals surface area contributed by atoms with E-state index in [1.165, 1.54) is 21.4 Å². The molecule has 4 aliphatic rings. The first-order valence-corrected chi connectivity index (χ1v) is 18.0. The van der Waals surface area contributed by atoms with Crippen molar-refractivity contribution in [2.24, 2.45) is 4.99 Å². The summed E-state index contributed by atoms with van der Waals surface area (Å²) >= 11 is 0. The van der Waals surface area contributed by atoms with Crippen LogP contribution in [-0.2, 0) is 6.54 Å². The number of aliphatic imine (C=N–C) groups is 1. The van der Waals surface area contributed by atoms with Crippen molar-refractivity contribution in [1.29, 1.82) is 0 Å². The van der Waals surface area contributed by atoms with E-state index in [0.29, 0.717) is 38.2 Å². The smallest absolute Gasteiger partial charge is 0.337 e. The van der Waals surface area contributed by atoms with Crippen molar-refractivity contribution in [3.63, 3.8) is 0 Å². The summed E-state index contributed by atoms with van der Waals surface area (Å²) in [4.78, 5) is 41.3. The van der Waals surface area contributed by atoms with Crippen LogP contribution in [0.2, 0.25) is 0 Å². The van der Waals surface area contributed by atoms with Gasteiger partial charge in [0.2, 0.25) is 0 Å². The predicted octanol–water partition coefficient (Wildman–Crippen LogP) is 4.55. The molecule has 2 aromatic heterocycles. The molecule has 0 amide bonds. The SMILES string of the molecule is O=c1c2cc(F)cnc2n(-c2cccc(-c3ccc(O)cc3CN3CCC[C@@H]3CO)c2)c(=O)n1[C@H]1CC[C@@H](NCC2CN3C=C(F)C=CC3=N2)CC1. The first-order chi connectivity index (χ1) is 25.2. The minimum Gasteiger partial charge on any atom is -0.508 e. The van der Waals surface area contributed by atoms with Gasteiger partial charge in [-0.3, -0.25) is 19.3 Å². The maximum atomic E-state index is 14.6. The fraction of sp³-hybridized carbons (Fsp3) is 0.385. The molecule has 0 bridgehead atoms. The lowest BCUT2D eigenvalue weighted by Gasteiger charge is -2.31. The zero-order chi connectivity index (χ0) is 35.9. The van der Waals surface area contributed by atoms with Gasteiger partial charge in [-0.15, -0.1) is 0 Å². The van der Waals surface area contributed by atoms with E-state index in [1.54, 1.807) is 24.3 Å². The number of likely N-dealkylation sites (tertiary alicyclic amines) is 1. The van der Waals surface area contributed by atoms with Crippen LogP contribution in [-0.4, -0.2) is 84.3 Å². The maximum absolute atomic E-state index is 14.6. The molecule has 1 saturated carbocycles. The molecule has 52 heavy (non-hydrogen) atoms. The van der Waals surface area contributed by atoms with Crippen molar-refractivity contribution in [1.82, 2.24) is 29.2 Å². The molecule has 0 spiro atoms. The number of amidine groups is 1. The number of nitrogens with zero attached hydrogens (tertiary/aromatic N) is 6. The van der Waals surface area contributed by atoms with Gasteiger partial charge in [0.05, 0.1) is 29.9 Å². The van der Waals surface area contributed by atoms with Gasteiger partial charge in [0.1, 0.15) is 23.2 Å². The summed E-state index contributed by atoms with van der Waals surface area (Å²) in [5, 5.41) is 23.9. The molecular weight excluding hydrogens is 668 g/mol. The number of aromatic nitrogens is 3. The molecule has 5 heterocycles. The van der Waals surface area contributed by atoms with Crippen LogP contribution in [0.1, 0.15) is 50.1 Å². The number of phenolic OH excluding ortho intramolecular Hbond substituents is 1. The highest BCUT2D eigenvalue weighted by Crippen LogP contribution is 2.32. The molecule has 13 heteroatoms. The monoisotopic (exact) mass is 709 g/mol. The Kier molecular flexibility index (Phi) is 9.32. The molecule has 2 aromatic carbocycles. The lowest BCUT2D eigenvalue weighted by atomic mass is 9.90. The van der Waals surface area contributed by atoms with Crippen LogP contribution in [0.3, 0.4) is 0 Å². The molecule has 2 fully saturated rings. The van der Waals surface area contributed by atoms with E-state index in [0.717, 1.165) is 67.0 Å². The number of hydrogen-bond acceptors (Lipinski definition) is 9. The lowest BCUT2D eigenvalue weighted by Crippen LogP contribution is -2.45. The number of aliphatic hydroxyl groups is 1. The maximum Gasteiger partial charge on any atom is 0.337 e. The second kappa shape index (κ2) is 14.2. The average molecular weight is 710 g/mol. The van der Waals surface area contributed by atoms with Gasteiger partial charge in [0.15, 0.2) is 5.65 Å². The Labute approximate surface area is 298 Å². The van der Waals surface area contributed by atoms with Gasteiger partial charge in [-0.05, 0) is 104 Å². The van der Waals surface area contributed by atoms with Crippen LogP contribution in [0, 0.1) is 5.82 Å². The Hall–Kier alpha value is -4.98. The van der Waals surface area contributed by atoms with Crippen molar-refractivity contribution >= 4 is 16.9 Å². The summed E-state index contributed by atoms with van der Waals surface area (Å²) in [5.41, 5.74) is 1.98. The Morgan fingerprint density at radius 1 is 0.981 bits per heavy atom. The van der Waals surface area contributed by atoms with Gasteiger partial charge in [0.25, 0.3) is 5.56 Å². The van der Waals surface area contributed by atoms with Crippen LogP contribution in [0.5, 0.6) is 5.75 Å². The number of aromatic hydroxyl groups is 1. The number of halogens is 2. The quantitative estimate of drug-likeness (QED) is 0.231. The topological polar surface area (TPSA) is 128 Å². The van der Waals surface area contributed by atoms with Crippen molar-refractivity contribution in [2.45, 2.75) is 69.2 Å². The molecule has 1 aliphatic carbocycles. The van der Waals surface area contributed by atoms with Crippen molar-refractivity contribution in [2.75, 3.05) is 26.2 Å². The third-order valence-corrected chi connectivity index (χ3v) is 10.9. The number of hydrogen-bond donors (Lipinski definition) is 3. The number of rotatable bonds is 9. The summed E-state index contributed by atoms with van der Waals surface area (Å²) in [7, 11) is 0. The molecule has 3 aliphatic heterocycles.